The van der Waals surface area contributed by atoms with Crippen LogP contribution in [-0.2, 0) is 20.0 Å². The van der Waals surface area contributed by atoms with Gasteiger partial charge < -0.3 is 0 Å². The fourth-order valence-corrected chi connectivity index (χ4v) is 4.71. The van der Waals surface area contributed by atoms with Crippen molar-refractivity contribution in [2.75, 3.05) is 15.7 Å². The Bertz CT molecular complexity index is 995. The third kappa shape index (κ3) is 5.00. The first-order valence-electron chi connectivity index (χ1n) is 6.23. The SMILES string of the molecule is CS(=O)(=O)Nc1ccc(NS(=O)(=O)c2ccc(Br)cc2Cl)cc1Cl. The van der Waals surface area contributed by atoms with Gasteiger partial charge in [0.1, 0.15) is 4.90 Å². The number of sulfonamides is 2. The Kier molecular flexibility index (Phi) is 5.71. The van der Waals surface area contributed by atoms with Crippen LogP contribution in [0.5, 0.6) is 0 Å². The minimum atomic E-state index is -3.93. The van der Waals surface area contributed by atoms with Gasteiger partial charge in [0, 0.05) is 4.47 Å². The average Bonchev–Trinajstić information content (AvgIpc) is 2.39. The van der Waals surface area contributed by atoms with E-state index in [9.17, 15) is 16.8 Å². The van der Waals surface area contributed by atoms with Gasteiger partial charge in [-0.05, 0) is 36.4 Å². The molecule has 0 aliphatic rings. The standard InChI is InChI=1S/C13H11BrCl2N2O4S2/c1-23(19,20)18-12-4-3-9(7-10(12)15)17-24(21,22)13-5-2-8(14)6-11(13)16/h2-7,17-18H,1H3. The molecule has 0 heterocycles. The smallest absolute Gasteiger partial charge is 0.263 e. The second-order valence-corrected chi connectivity index (χ2v) is 9.88. The summed E-state index contributed by atoms with van der Waals surface area (Å²) in [6, 6.07) is 8.39. The highest BCUT2D eigenvalue weighted by Crippen LogP contribution is 2.30. The number of hydrogen-bond acceptors (Lipinski definition) is 4. The van der Waals surface area contributed by atoms with E-state index in [0.717, 1.165) is 6.26 Å². The summed E-state index contributed by atoms with van der Waals surface area (Å²) in [7, 11) is -7.42. The predicted molar refractivity (Wildman–Crippen MR) is 99.9 cm³/mol. The second kappa shape index (κ2) is 7.09. The lowest BCUT2D eigenvalue weighted by Crippen LogP contribution is -2.14. The summed E-state index contributed by atoms with van der Waals surface area (Å²) in [6.07, 6.45) is 0.982. The van der Waals surface area contributed by atoms with E-state index in [0.29, 0.717) is 4.47 Å². The molecular formula is C13H11BrCl2N2O4S2. The number of nitrogens with one attached hydrogen (secondary N) is 2. The lowest BCUT2D eigenvalue weighted by Gasteiger charge is -2.12. The van der Waals surface area contributed by atoms with Gasteiger partial charge >= 0.3 is 0 Å². The van der Waals surface area contributed by atoms with E-state index in [1.54, 1.807) is 6.07 Å². The van der Waals surface area contributed by atoms with Crippen molar-refractivity contribution in [3.8, 4) is 0 Å². The predicted octanol–water partition coefficient (Wildman–Crippen LogP) is 3.93. The Balaban J connectivity index is 2.32. The van der Waals surface area contributed by atoms with Crippen LogP contribution in [0.3, 0.4) is 0 Å². The summed E-state index contributed by atoms with van der Waals surface area (Å²) in [5, 5.41) is 0.0980. The average molecular weight is 474 g/mol. The molecule has 0 radical (unpaired) electrons. The molecule has 0 saturated heterocycles. The zero-order valence-electron chi connectivity index (χ0n) is 12.0. The van der Waals surface area contributed by atoms with Gasteiger partial charge in [0.25, 0.3) is 10.0 Å². The minimum absolute atomic E-state index is 0.0440. The largest absolute Gasteiger partial charge is 0.282 e. The van der Waals surface area contributed by atoms with E-state index < -0.39 is 20.0 Å². The summed E-state index contributed by atoms with van der Waals surface area (Å²) in [6.45, 7) is 0. The summed E-state index contributed by atoms with van der Waals surface area (Å²) in [4.78, 5) is -0.0955. The van der Waals surface area contributed by atoms with Crippen molar-refractivity contribution in [3.63, 3.8) is 0 Å². The third-order valence-corrected chi connectivity index (χ3v) is 5.96. The minimum Gasteiger partial charge on any atom is -0.282 e. The molecule has 0 bridgehead atoms. The van der Waals surface area contributed by atoms with Crippen LogP contribution in [0.1, 0.15) is 0 Å². The Morgan fingerprint density at radius 3 is 2.12 bits per heavy atom. The first kappa shape index (κ1) is 19.3. The Labute approximate surface area is 158 Å². The Hall–Kier alpha value is -1.000. The monoisotopic (exact) mass is 472 g/mol. The van der Waals surface area contributed by atoms with E-state index in [1.165, 1.54) is 30.3 Å². The molecule has 0 amide bonds. The maximum atomic E-state index is 12.4. The van der Waals surface area contributed by atoms with Crippen molar-refractivity contribution < 1.29 is 16.8 Å². The molecule has 0 aromatic heterocycles. The van der Waals surface area contributed by atoms with Gasteiger partial charge in [-0.2, -0.15) is 0 Å². The Morgan fingerprint density at radius 1 is 0.917 bits per heavy atom. The normalized spacial score (nSPS) is 12.0. The quantitative estimate of drug-likeness (QED) is 0.687. The van der Waals surface area contributed by atoms with Gasteiger partial charge in [-0.25, -0.2) is 16.8 Å². The van der Waals surface area contributed by atoms with Gasteiger partial charge in [0.05, 0.1) is 27.7 Å². The molecule has 130 valence electrons. The molecule has 6 nitrogen and oxygen atoms in total. The highest BCUT2D eigenvalue weighted by atomic mass is 79.9. The van der Waals surface area contributed by atoms with Crippen molar-refractivity contribution in [2.45, 2.75) is 4.90 Å². The molecule has 24 heavy (non-hydrogen) atoms. The van der Waals surface area contributed by atoms with Crippen LogP contribution in [-0.4, -0.2) is 23.1 Å². The first-order valence-corrected chi connectivity index (χ1v) is 11.2. The zero-order valence-corrected chi connectivity index (χ0v) is 16.8. The fraction of sp³-hybridized carbons (Fsp3) is 0.0769. The summed E-state index contributed by atoms with van der Waals surface area (Å²) >= 11 is 15.1. The molecule has 2 aromatic rings. The van der Waals surface area contributed by atoms with Crippen LogP contribution >= 0.6 is 39.1 Å². The maximum Gasteiger partial charge on any atom is 0.263 e. The number of hydrogen-bond donors (Lipinski definition) is 2. The molecule has 0 atom stereocenters. The van der Waals surface area contributed by atoms with E-state index >= 15 is 0 Å². The topological polar surface area (TPSA) is 92.3 Å². The molecule has 2 aromatic carbocycles. The summed E-state index contributed by atoms with van der Waals surface area (Å²) in [5.74, 6) is 0. The molecule has 2 rings (SSSR count). The first-order chi connectivity index (χ1) is 11.0. The van der Waals surface area contributed by atoms with Crippen LogP contribution in [0.25, 0.3) is 0 Å². The van der Waals surface area contributed by atoms with Crippen LogP contribution < -0.4 is 9.44 Å². The lowest BCUT2D eigenvalue weighted by atomic mass is 10.3. The van der Waals surface area contributed by atoms with Gasteiger partial charge in [-0.15, -0.1) is 0 Å². The van der Waals surface area contributed by atoms with Crippen LogP contribution in [0.2, 0.25) is 10.0 Å². The molecule has 0 spiro atoms. The third-order valence-electron chi connectivity index (χ3n) is 2.70. The zero-order chi connectivity index (χ0) is 18.1. The van der Waals surface area contributed by atoms with Crippen LogP contribution in [0.4, 0.5) is 11.4 Å². The highest BCUT2D eigenvalue weighted by Gasteiger charge is 2.19. The van der Waals surface area contributed by atoms with Gasteiger partial charge in [0.15, 0.2) is 0 Å². The number of benzene rings is 2. The molecular weight excluding hydrogens is 463 g/mol. The fourth-order valence-electron chi connectivity index (χ4n) is 1.76. The Morgan fingerprint density at radius 2 is 1.58 bits per heavy atom. The van der Waals surface area contributed by atoms with Crippen molar-refractivity contribution in [1.29, 1.82) is 0 Å². The lowest BCUT2D eigenvalue weighted by molar-refractivity contribution is 0.600. The molecule has 0 saturated carbocycles. The maximum absolute atomic E-state index is 12.4. The van der Waals surface area contributed by atoms with Crippen molar-refractivity contribution >= 4 is 70.6 Å². The molecule has 0 unspecified atom stereocenters. The van der Waals surface area contributed by atoms with Crippen LogP contribution in [0, 0.1) is 0 Å². The molecule has 2 N–H and O–H groups in total. The summed E-state index contributed by atoms with van der Waals surface area (Å²) < 4.78 is 52.4. The van der Waals surface area contributed by atoms with Crippen molar-refractivity contribution in [1.82, 2.24) is 0 Å². The van der Waals surface area contributed by atoms with E-state index in [4.69, 9.17) is 23.2 Å². The molecule has 11 heteroatoms. The van der Waals surface area contributed by atoms with Crippen molar-refractivity contribution in [2.24, 2.45) is 0 Å². The number of halogens is 3. The second-order valence-electron chi connectivity index (χ2n) is 4.75. The molecule has 0 fully saturated rings. The van der Waals surface area contributed by atoms with E-state index in [2.05, 4.69) is 25.4 Å². The van der Waals surface area contributed by atoms with Gasteiger partial charge in [0.2, 0.25) is 10.0 Å². The summed E-state index contributed by atoms with van der Waals surface area (Å²) in [5.41, 5.74) is 0.307. The molecule has 0 aliphatic heterocycles. The van der Waals surface area contributed by atoms with Crippen molar-refractivity contribution in [3.05, 3.63) is 50.9 Å². The van der Waals surface area contributed by atoms with E-state index in [1.807, 2.05) is 0 Å². The number of rotatable bonds is 5. The highest BCUT2D eigenvalue weighted by molar-refractivity contribution is 9.10. The van der Waals surface area contributed by atoms with E-state index in [-0.39, 0.29) is 26.3 Å². The molecule has 0 aliphatic carbocycles. The van der Waals surface area contributed by atoms with Crippen LogP contribution in [0.15, 0.2) is 45.8 Å². The van der Waals surface area contributed by atoms with Gasteiger partial charge in [-0.1, -0.05) is 39.1 Å². The number of anilines is 2. The van der Waals surface area contributed by atoms with Gasteiger partial charge in [-0.3, -0.25) is 9.44 Å².